The van der Waals surface area contributed by atoms with Crippen LogP contribution in [-0.4, -0.2) is 22.3 Å². The van der Waals surface area contributed by atoms with Gasteiger partial charge >= 0.3 is 5.97 Å². The molecule has 0 rings (SSSR count). The van der Waals surface area contributed by atoms with E-state index < -0.39 is 5.97 Å². The van der Waals surface area contributed by atoms with Gasteiger partial charge in [0.15, 0.2) is 0 Å². The summed E-state index contributed by atoms with van der Waals surface area (Å²) in [5, 5.41) is 17.5. The van der Waals surface area contributed by atoms with E-state index in [1.807, 2.05) is 6.92 Å². The van der Waals surface area contributed by atoms with Crippen molar-refractivity contribution in [3.63, 3.8) is 0 Å². The quantitative estimate of drug-likeness (QED) is 0.430. The Labute approximate surface area is 105 Å². The minimum atomic E-state index is -0.702. The molecule has 3 nitrogen and oxygen atoms in total. The Bertz CT molecular complexity index is 210. The van der Waals surface area contributed by atoms with Gasteiger partial charge in [-0.1, -0.05) is 25.0 Å². The summed E-state index contributed by atoms with van der Waals surface area (Å²) in [5.41, 5.74) is 0. The van der Waals surface area contributed by atoms with Gasteiger partial charge < -0.3 is 10.2 Å². The summed E-state index contributed by atoms with van der Waals surface area (Å²) < 4.78 is 0. The topological polar surface area (TPSA) is 57.5 Å². The van der Waals surface area contributed by atoms with Gasteiger partial charge in [0.25, 0.3) is 0 Å². The number of aliphatic hydroxyl groups excluding tert-OH is 1. The summed E-state index contributed by atoms with van der Waals surface area (Å²) in [6.07, 6.45) is 12.6. The van der Waals surface area contributed by atoms with Crippen LogP contribution in [-0.2, 0) is 4.79 Å². The van der Waals surface area contributed by atoms with Crippen molar-refractivity contribution in [2.75, 3.05) is 0 Å². The van der Waals surface area contributed by atoms with E-state index >= 15 is 0 Å². The first kappa shape index (κ1) is 16.2. The van der Waals surface area contributed by atoms with Gasteiger partial charge in [0.1, 0.15) is 0 Å². The largest absolute Gasteiger partial charge is 0.481 e. The molecule has 0 saturated heterocycles. The van der Waals surface area contributed by atoms with Crippen molar-refractivity contribution in [1.29, 1.82) is 0 Å². The minimum Gasteiger partial charge on any atom is -0.481 e. The van der Waals surface area contributed by atoms with E-state index in [9.17, 15) is 4.79 Å². The van der Waals surface area contributed by atoms with E-state index in [0.29, 0.717) is 0 Å². The lowest BCUT2D eigenvalue weighted by molar-refractivity contribution is -0.137. The molecule has 17 heavy (non-hydrogen) atoms. The first-order chi connectivity index (χ1) is 8.13. The molecule has 0 radical (unpaired) electrons. The molecule has 0 fully saturated rings. The molecule has 0 bridgehead atoms. The van der Waals surface area contributed by atoms with Crippen molar-refractivity contribution < 1.29 is 15.0 Å². The maximum atomic E-state index is 10.2. The summed E-state index contributed by atoms with van der Waals surface area (Å²) in [6, 6.07) is 0. The molecule has 0 aromatic rings. The van der Waals surface area contributed by atoms with Crippen LogP contribution in [0.1, 0.15) is 64.7 Å². The zero-order valence-corrected chi connectivity index (χ0v) is 10.9. The van der Waals surface area contributed by atoms with Crippen LogP contribution in [0.15, 0.2) is 12.2 Å². The van der Waals surface area contributed by atoms with Gasteiger partial charge in [-0.15, -0.1) is 0 Å². The van der Waals surface area contributed by atoms with Crippen LogP contribution in [0.3, 0.4) is 0 Å². The van der Waals surface area contributed by atoms with Gasteiger partial charge in [-0.3, -0.25) is 4.79 Å². The third-order valence-electron chi connectivity index (χ3n) is 2.67. The Hall–Kier alpha value is -0.830. The molecular weight excluding hydrogens is 216 g/mol. The second-order valence-electron chi connectivity index (χ2n) is 4.60. The molecule has 0 aliphatic rings. The second kappa shape index (κ2) is 11.6. The van der Waals surface area contributed by atoms with Crippen molar-refractivity contribution >= 4 is 5.97 Å². The van der Waals surface area contributed by atoms with E-state index in [-0.39, 0.29) is 12.5 Å². The highest BCUT2D eigenvalue weighted by molar-refractivity contribution is 5.66. The normalized spacial score (nSPS) is 13.1. The molecular formula is C14H26O3. The maximum absolute atomic E-state index is 10.2. The Kier molecular flexibility index (Phi) is 11.1. The van der Waals surface area contributed by atoms with Gasteiger partial charge in [-0.05, 0) is 45.4 Å². The fourth-order valence-electron chi connectivity index (χ4n) is 1.65. The molecule has 1 unspecified atom stereocenters. The third kappa shape index (κ3) is 15.2. The zero-order chi connectivity index (χ0) is 12.9. The van der Waals surface area contributed by atoms with Crippen LogP contribution < -0.4 is 0 Å². The molecule has 0 amide bonds. The van der Waals surface area contributed by atoms with Gasteiger partial charge in [0, 0.05) is 6.42 Å². The smallest absolute Gasteiger partial charge is 0.303 e. The molecule has 0 spiro atoms. The number of carbonyl (C=O) groups is 1. The van der Waals surface area contributed by atoms with E-state index in [0.717, 1.165) is 38.5 Å². The molecule has 0 heterocycles. The SMILES string of the molecule is CC(O)CCCCCC=CCCCCC(=O)O. The number of allylic oxidation sites excluding steroid dienone is 2. The number of unbranched alkanes of at least 4 members (excludes halogenated alkanes) is 5. The summed E-state index contributed by atoms with van der Waals surface area (Å²) in [5.74, 6) is -0.702. The fraction of sp³-hybridized carbons (Fsp3) is 0.786. The monoisotopic (exact) mass is 242 g/mol. The molecule has 0 aromatic heterocycles. The molecule has 0 saturated carbocycles. The van der Waals surface area contributed by atoms with Crippen LogP contribution in [0.5, 0.6) is 0 Å². The number of aliphatic carboxylic acids is 1. The number of rotatable bonds is 11. The summed E-state index contributed by atoms with van der Waals surface area (Å²) in [7, 11) is 0. The average Bonchev–Trinajstić information content (AvgIpc) is 2.25. The highest BCUT2D eigenvalue weighted by Crippen LogP contribution is 2.07. The van der Waals surface area contributed by atoms with Crippen molar-refractivity contribution in [2.45, 2.75) is 70.8 Å². The van der Waals surface area contributed by atoms with Gasteiger partial charge in [0.05, 0.1) is 6.10 Å². The molecule has 0 aromatic carbocycles. The Balaban J connectivity index is 3.12. The van der Waals surface area contributed by atoms with E-state index in [1.54, 1.807) is 0 Å². The lowest BCUT2D eigenvalue weighted by Gasteiger charge is -2.02. The van der Waals surface area contributed by atoms with Crippen molar-refractivity contribution in [2.24, 2.45) is 0 Å². The number of carboxylic acids is 1. The molecule has 3 heteroatoms. The standard InChI is InChI=1S/C14H26O3/c1-13(15)11-9-7-5-3-2-4-6-8-10-12-14(16)17/h2,4,13,15H,3,5-12H2,1H3,(H,16,17). The Morgan fingerprint density at radius 2 is 1.65 bits per heavy atom. The highest BCUT2D eigenvalue weighted by atomic mass is 16.4. The van der Waals surface area contributed by atoms with Crippen LogP contribution in [0.2, 0.25) is 0 Å². The first-order valence-electron chi connectivity index (χ1n) is 6.67. The molecule has 0 aliphatic carbocycles. The van der Waals surface area contributed by atoms with Crippen LogP contribution in [0.4, 0.5) is 0 Å². The maximum Gasteiger partial charge on any atom is 0.303 e. The number of carboxylic acid groups (broad SMARTS) is 1. The fourth-order valence-corrected chi connectivity index (χ4v) is 1.65. The molecule has 100 valence electrons. The first-order valence-corrected chi connectivity index (χ1v) is 6.67. The summed E-state index contributed by atoms with van der Waals surface area (Å²) in [4.78, 5) is 10.2. The lowest BCUT2D eigenvalue weighted by atomic mass is 10.1. The number of hydrogen-bond acceptors (Lipinski definition) is 2. The van der Waals surface area contributed by atoms with Crippen molar-refractivity contribution in [3.8, 4) is 0 Å². The Morgan fingerprint density at radius 3 is 2.18 bits per heavy atom. The van der Waals surface area contributed by atoms with E-state index in [1.165, 1.54) is 12.8 Å². The van der Waals surface area contributed by atoms with Crippen LogP contribution in [0.25, 0.3) is 0 Å². The van der Waals surface area contributed by atoms with E-state index in [2.05, 4.69) is 12.2 Å². The number of aliphatic hydroxyl groups is 1. The summed E-state index contributed by atoms with van der Waals surface area (Å²) >= 11 is 0. The van der Waals surface area contributed by atoms with Gasteiger partial charge in [-0.25, -0.2) is 0 Å². The molecule has 2 N–H and O–H groups in total. The van der Waals surface area contributed by atoms with E-state index in [4.69, 9.17) is 10.2 Å². The molecule has 1 atom stereocenters. The van der Waals surface area contributed by atoms with Gasteiger partial charge in [-0.2, -0.15) is 0 Å². The molecule has 0 aliphatic heterocycles. The third-order valence-corrected chi connectivity index (χ3v) is 2.67. The zero-order valence-electron chi connectivity index (χ0n) is 10.9. The van der Waals surface area contributed by atoms with Crippen LogP contribution in [0, 0.1) is 0 Å². The second-order valence-corrected chi connectivity index (χ2v) is 4.60. The summed E-state index contributed by atoms with van der Waals surface area (Å²) in [6.45, 7) is 1.83. The number of hydrogen-bond donors (Lipinski definition) is 2. The Morgan fingerprint density at radius 1 is 1.06 bits per heavy atom. The predicted molar refractivity (Wildman–Crippen MR) is 70.0 cm³/mol. The highest BCUT2D eigenvalue weighted by Gasteiger charge is 1.95. The van der Waals surface area contributed by atoms with Crippen molar-refractivity contribution in [1.82, 2.24) is 0 Å². The van der Waals surface area contributed by atoms with Gasteiger partial charge in [0.2, 0.25) is 0 Å². The predicted octanol–water partition coefficient (Wildman–Crippen LogP) is 3.52. The van der Waals surface area contributed by atoms with Crippen molar-refractivity contribution in [3.05, 3.63) is 12.2 Å². The average molecular weight is 242 g/mol. The minimum absolute atomic E-state index is 0.167. The van der Waals surface area contributed by atoms with Crippen LogP contribution >= 0.6 is 0 Å². The lowest BCUT2D eigenvalue weighted by Crippen LogP contribution is -1.97.